The number of likely N-dealkylation sites (tertiary alicyclic amines) is 1. The molecule has 17 nitrogen and oxygen atoms in total. The molecule has 20 heteroatoms. The van der Waals surface area contributed by atoms with E-state index in [1.807, 2.05) is 0 Å². The van der Waals surface area contributed by atoms with Gasteiger partial charge in [-0.05, 0) is 26.0 Å². The van der Waals surface area contributed by atoms with Crippen LogP contribution in [-0.4, -0.2) is 126 Å². The normalized spacial score (nSPS) is 20.2. The van der Waals surface area contributed by atoms with Crippen molar-refractivity contribution in [1.29, 1.82) is 0 Å². The van der Waals surface area contributed by atoms with Gasteiger partial charge >= 0.3 is 11.9 Å². The number of rotatable bonds is 13. The van der Waals surface area contributed by atoms with E-state index in [-0.39, 0.29) is 39.4 Å². The Bertz CT molecular complexity index is 1810. The van der Waals surface area contributed by atoms with Crippen molar-refractivity contribution >= 4 is 75.2 Å². The lowest BCUT2D eigenvalue weighted by Gasteiger charge is -2.50. The number of carboxylic acid groups (broad SMARTS) is 2. The number of carbonyl (C=O) groups excluding carboxylic acids is 3. The Morgan fingerprint density at radius 2 is 1.90 bits per heavy atom. The number of anilines is 1. The number of carboxylic acids is 2. The number of thiazole rings is 1. The minimum atomic E-state index is -1.79. The summed E-state index contributed by atoms with van der Waals surface area (Å²) in [5.74, 6) is -5.52. The average Bonchev–Trinajstić information content (AvgIpc) is 3.71. The molecule has 268 valence electrons. The first-order chi connectivity index (χ1) is 23.5. The Morgan fingerprint density at radius 3 is 2.52 bits per heavy atom. The monoisotopic (exact) mass is 752 g/mol. The number of halogens is 1. The molecule has 8 N–H and O–H groups in total. The number of nitrogen functional groups attached to an aromatic ring is 1. The van der Waals surface area contributed by atoms with Crippen molar-refractivity contribution < 1.29 is 53.7 Å². The summed E-state index contributed by atoms with van der Waals surface area (Å²) in [4.78, 5) is 74.1. The number of aromatic nitrogens is 1. The van der Waals surface area contributed by atoms with Crippen molar-refractivity contribution in [2.24, 2.45) is 5.16 Å². The zero-order valence-corrected chi connectivity index (χ0v) is 29.2. The van der Waals surface area contributed by atoms with Crippen molar-refractivity contribution in [2.75, 3.05) is 44.2 Å². The number of hydrogen-bond donors (Lipinski definition) is 7. The number of oxime groups is 1. The number of carbonyl (C=O) groups is 5. The number of phenolic OH excluding ortho intramolecular Hbond substituents is 2. The summed E-state index contributed by atoms with van der Waals surface area (Å²) in [5.41, 5.74) is 3.89. The van der Waals surface area contributed by atoms with Crippen molar-refractivity contribution in [3.05, 3.63) is 45.1 Å². The molecule has 3 amide bonds. The Morgan fingerprint density at radius 1 is 1.20 bits per heavy atom. The summed E-state index contributed by atoms with van der Waals surface area (Å²) < 4.78 is 0.470. The summed E-state index contributed by atoms with van der Waals surface area (Å²) in [5, 5.41) is 48.8. The maximum atomic E-state index is 13.5. The fraction of sp³-hybridized carbons (Fsp3) is 0.433. The molecule has 2 fully saturated rings. The number of aromatic hydroxyl groups is 2. The van der Waals surface area contributed by atoms with Gasteiger partial charge in [0.15, 0.2) is 22.3 Å². The summed E-state index contributed by atoms with van der Waals surface area (Å²) in [6.45, 7) is 4.89. The SMILES string of the molecule is CC(C)(O/N=C(\C(=O)N[C@H]1C(=O)N2C(C(=O)O)=C(C[N+]3(CCNC(=O)c4ccc(O)c(O)c4Cl)CCCC3)CS[C@H]12)c1csc(N)n1)C(=O)O. The first-order valence-electron chi connectivity index (χ1n) is 15.3. The number of hydrogen-bond acceptors (Lipinski definition) is 13. The van der Waals surface area contributed by atoms with Gasteiger partial charge in [0.1, 0.15) is 29.4 Å². The van der Waals surface area contributed by atoms with Crippen LogP contribution in [0.5, 0.6) is 11.5 Å². The fourth-order valence-electron chi connectivity index (χ4n) is 5.92. The van der Waals surface area contributed by atoms with E-state index in [1.54, 1.807) is 0 Å². The van der Waals surface area contributed by atoms with Crippen LogP contribution >= 0.6 is 34.7 Å². The zero-order chi connectivity index (χ0) is 36.5. The predicted octanol–water partition coefficient (Wildman–Crippen LogP) is 1.15. The second kappa shape index (κ2) is 14.3. The van der Waals surface area contributed by atoms with Crippen LogP contribution in [0.1, 0.15) is 42.7 Å². The molecule has 50 heavy (non-hydrogen) atoms. The number of thioether (sulfide) groups is 1. The van der Waals surface area contributed by atoms with E-state index in [2.05, 4.69) is 20.8 Å². The van der Waals surface area contributed by atoms with Gasteiger partial charge in [0.05, 0.1) is 36.8 Å². The lowest BCUT2D eigenvalue weighted by atomic mass is 10.0. The number of β-lactam (4-membered cyclic amide) rings is 1. The van der Waals surface area contributed by atoms with Crippen LogP contribution in [0.2, 0.25) is 5.02 Å². The number of amides is 3. The van der Waals surface area contributed by atoms with Crippen LogP contribution in [-0.2, 0) is 24.0 Å². The third-order valence-electron chi connectivity index (χ3n) is 8.65. The van der Waals surface area contributed by atoms with Gasteiger partial charge in [0.2, 0.25) is 5.60 Å². The second-order valence-electron chi connectivity index (χ2n) is 12.5. The molecule has 2 atom stereocenters. The third-order valence-corrected chi connectivity index (χ3v) is 11.0. The van der Waals surface area contributed by atoms with Gasteiger partial charge in [0.25, 0.3) is 17.7 Å². The van der Waals surface area contributed by atoms with Crippen LogP contribution in [0, 0.1) is 0 Å². The Kier molecular flexibility index (Phi) is 10.5. The van der Waals surface area contributed by atoms with Gasteiger partial charge in [0, 0.05) is 29.5 Å². The number of nitrogens with one attached hydrogen (secondary N) is 2. The van der Waals surface area contributed by atoms with E-state index >= 15 is 0 Å². The molecule has 2 saturated heterocycles. The van der Waals surface area contributed by atoms with Gasteiger partial charge in [-0.15, -0.1) is 23.1 Å². The molecule has 0 saturated carbocycles. The molecule has 2 aromatic rings. The molecule has 1 aromatic carbocycles. The van der Waals surface area contributed by atoms with Crippen LogP contribution in [0.15, 0.2) is 33.9 Å². The van der Waals surface area contributed by atoms with Gasteiger partial charge in [-0.2, -0.15) is 0 Å². The van der Waals surface area contributed by atoms with Crippen LogP contribution in [0.25, 0.3) is 0 Å². The van der Waals surface area contributed by atoms with Gasteiger partial charge in [-0.1, -0.05) is 16.8 Å². The first kappa shape index (κ1) is 36.7. The third kappa shape index (κ3) is 7.30. The standard InChI is InChI=1S/C30H34ClN7O10S2/c1-30(2,28(46)47)48-36-19(16-13-50-29(32)34-16)24(42)35-20-25(43)37-21(27(44)45)14(12-49-26(20)37)11-38(8-3-4-9-38)10-7-33-23(41)15-5-6-17(39)22(40)18(15)31/h5-6,13,20,26H,3-4,7-12H2,1-2H3,(H7-,32,33,34,35,36,39,40,41,42,44,45,46,47)/p+1/t20-,26+/m0/s1. The molecule has 1 aromatic heterocycles. The van der Waals surface area contributed by atoms with Gasteiger partial charge in [-0.25, -0.2) is 14.6 Å². The molecule has 0 spiro atoms. The smallest absolute Gasteiger partial charge is 0.352 e. The van der Waals surface area contributed by atoms with E-state index in [0.717, 1.165) is 48.2 Å². The van der Waals surface area contributed by atoms with Crippen LogP contribution < -0.4 is 16.4 Å². The lowest BCUT2D eigenvalue weighted by Crippen LogP contribution is -2.71. The number of nitrogens with zero attached hydrogens (tertiary/aromatic N) is 4. The topological polar surface area (TPSA) is 254 Å². The van der Waals surface area contributed by atoms with E-state index in [0.29, 0.717) is 23.1 Å². The molecular formula is C30H35ClN7O10S2+. The molecule has 5 rings (SSSR count). The number of fused-ring (bicyclic) bond motifs is 1. The van der Waals surface area contributed by atoms with E-state index in [1.165, 1.54) is 37.1 Å². The minimum absolute atomic E-state index is 0.000322. The zero-order valence-electron chi connectivity index (χ0n) is 26.8. The van der Waals surface area contributed by atoms with Crippen LogP contribution in [0.4, 0.5) is 5.13 Å². The van der Waals surface area contributed by atoms with Crippen molar-refractivity contribution in [1.82, 2.24) is 20.5 Å². The summed E-state index contributed by atoms with van der Waals surface area (Å²) in [6.07, 6.45) is 1.77. The molecule has 0 bridgehead atoms. The van der Waals surface area contributed by atoms with Crippen molar-refractivity contribution in [2.45, 2.75) is 43.7 Å². The van der Waals surface area contributed by atoms with E-state index in [4.69, 9.17) is 22.2 Å². The highest BCUT2D eigenvalue weighted by molar-refractivity contribution is 8.00. The quantitative estimate of drug-likeness (QED) is 0.0499. The first-order valence-corrected chi connectivity index (χ1v) is 17.6. The van der Waals surface area contributed by atoms with E-state index < -0.39 is 63.9 Å². The molecule has 0 radical (unpaired) electrons. The molecular weight excluding hydrogens is 718 g/mol. The highest BCUT2D eigenvalue weighted by Gasteiger charge is 2.55. The number of aliphatic carboxylic acids is 2. The Labute approximate surface area is 298 Å². The molecule has 4 heterocycles. The van der Waals surface area contributed by atoms with Crippen molar-refractivity contribution in [3.8, 4) is 11.5 Å². The molecule has 3 aliphatic heterocycles. The lowest BCUT2D eigenvalue weighted by molar-refractivity contribution is -0.911. The largest absolute Gasteiger partial charge is 0.504 e. The Hall–Kier alpha value is -4.59. The van der Waals surface area contributed by atoms with E-state index in [9.17, 15) is 44.4 Å². The Balaban J connectivity index is 1.29. The maximum absolute atomic E-state index is 13.5. The summed E-state index contributed by atoms with van der Waals surface area (Å²) in [7, 11) is 0. The summed E-state index contributed by atoms with van der Waals surface area (Å²) in [6, 6.07) is 1.34. The van der Waals surface area contributed by atoms with Gasteiger partial charge in [-0.3, -0.25) is 19.3 Å². The number of quaternary nitrogens is 1. The van der Waals surface area contributed by atoms with Gasteiger partial charge < -0.3 is 46.1 Å². The fourth-order valence-corrected chi connectivity index (χ4v) is 8.05. The number of phenols is 2. The number of nitrogens with two attached hydrogens (primary N) is 1. The minimum Gasteiger partial charge on any atom is -0.504 e. The maximum Gasteiger partial charge on any atom is 0.352 e. The molecule has 0 unspecified atom stereocenters. The predicted molar refractivity (Wildman–Crippen MR) is 182 cm³/mol. The van der Waals surface area contributed by atoms with Crippen molar-refractivity contribution in [3.63, 3.8) is 0 Å². The highest BCUT2D eigenvalue weighted by atomic mass is 35.5. The average molecular weight is 753 g/mol. The highest BCUT2D eigenvalue weighted by Crippen LogP contribution is 2.41. The molecule has 0 aliphatic carbocycles. The van der Waals surface area contributed by atoms with Crippen LogP contribution in [0.3, 0.4) is 0 Å². The molecule has 3 aliphatic rings. The second-order valence-corrected chi connectivity index (χ2v) is 14.8. The number of benzene rings is 1. The summed E-state index contributed by atoms with van der Waals surface area (Å²) >= 11 is 8.33.